The summed E-state index contributed by atoms with van der Waals surface area (Å²) in [4.78, 5) is 15.9. The Balaban J connectivity index is 2.16. The Morgan fingerprint density at radius 1 is 1.32 bits per heavy atom. The topological polar surface area (TPSA) is 51.2 Å². The molecule has 0 spiro atoms. The summed E-state index contributed by atoms with van der Waals surface area (Å²) in [6.07, 6.45) is 1.64. The van der Waals surface area contributed by atoms with Crippen molar-refractivity contribution in [2.45, 2.75) is 6.92 Å². The highest BCUT2D eigenvalue weighted by atomic mass is 19.1. The Bertz CT molecular complexity index is 597. The van der Waals surface area contributed by atoms with Gasteiger partial charge >= 0.3 is 0 Å². The molecule has 0 atom stereocenters. The maximum Gasteiger partial charge on any atom is 0.256 e. The number of anilines is 1. The Hall–Kier alpha value is -2.43. The molecule has 2 aromatic rings. The molecule has 98 valence electrons. The molecule has 0 aliphatic carbocycles. The van der Waals surface area contributed by atoms with Crippen LogP contribution in [-0.4, -0.2) is 18.0 Å². The quantitative estimate of drug-likeness (QED) is 0.923. The first kappa shape index (κ1) is 13.0. The molecule has 0 radical (unpaired) electrons. The van der Waals surface area contributed by atoms with Crippen molar-refractivity contribution in [3.05, 3.63) is 53.5 Å². The number of amides is 1. The third-order valence-corrected chi connectivity index (χ3v) is 2.57. The Kier molecular flexibility index (Phi) is 3.75. The molecule has 1 amide bonds. The van der Waals surface area contributed by atoms with E-state index in [1.54, 1.807) is 12.3 Å². The van der Waals surface area contributed by atoms with Crippen molar-refractivity contribution in [2.24, 2.45) is 0 Å². The zero-order chi connectivity index (χ0) is 13.8. The minimum atomic E-state index is -0.577. The highest BCUT2D eigenvalue weighted by molar-refractivity contribution is 6.03. The van der Waals surface area contributed by atoms with Gasteiger partial charge in [0.2, 0.25) is 0 Å². The van der Waals surface area contributed by atoms with Crippen molar-refractivity contribution >= 4 is 11.7 Å². The highest BCUT2D eigenvalue weighted by Crippen LogP contribution is 2.18. The van der Waals surface area contributed by atoms with Gasteiger partial charge in [-0.1, -0.05) is 6.07 Å². The van der Waals surface area contributed by atoms with Crippen LogP contribution in [0.1, 0.15) is 15.9 Å². The van der Waals surface area contributed by atoms with E-state index in [9.17, 15) is 9.18 Å². The summed E-state index contributed by atoms with van der Waals surface area (Å²) in [7, 11) is 1.37. The molecular weight excluding hydrogens is 247 g/mol. The average molecular weight is 260 g/mol. The summed E-state index contributed by atoms with van der Waals surface area (Å²) in [6.45, 7) is 1.90. The van der Waals surface area contributed by atoms with Crippen LogP contribution in [0, 0.1) is 12.7 Å². The van der Waals surface area contributed by atoms with Crippen LogP contribution in [0.15, 0.2) is 36.5 Å². The average Bonchev–Trinajstić information content (AvgIpc) is 2.41. The highest BCUT2D eigenvalue weighted by Gasteiger charge is 2.10. The summed E-state index contributed by atoms with van der Waals surface area (Å²) in [6, 6.07) is 7.55. The summed E-state index contributed by atoms with van der Waals surface area (Å²) in [5, 5.41) is 2.59. The maximum atomic E-state index is 13.5. The summed E-state index contributed by atoms with van der Waals surface area (Å²) < 4.78 is 18.3. The Morgan fingerprint density at radius 3 is 2.68 bits per heavy atom. The van der Waals surface area contributed by atoms with Crippen molar-refractivity contribution in [1.82, 2.24) is 4.98 Å². The first-order chi connectivity index (χ1) is 9.10. The maximum absolute atomic E-state index is 13.5. The van der Waals surface area contributed by atoms with Crippen molar-refractivity contribution in [3.8, 4) is 5.75 Å². The number of carbonyl (C=O) groups excluding carboxylic acids is 1. The van der Waals surface area contributed by atoms with Crippen LogP contribution in [0.4, 0.5) is 10.2 Å². The van der Waals surface area contributed by atoms with Gasteiger partial charge in [-0.3, -0.25) is 4.79 Å². The fourth-order valence-electron chi connectivity index (χ4n) is 1.54. The number of nitrogens with zero attached hydrogens (tertiary/aromatic N) is 1. The second-order valence-electron chi connectivity index (χ2n) is 4.02. The van der Waals surface area contributed by atoms with Crippen LogP contribution in [0.3, 0.4) is 0 Å². The molecule has 1 N–H and O–H groups in total. The Morgan fingerprint density at radius 2 is 2.11 bits per heavy atom. The molecule has 0 saturated heterocycles. The lowest BCUT2D eigenvalue weighted by atomic mass is 10.2. The van der Waals surface area contributed by atoms with Crippen molar-refractivity contribution < 1.29 is 13.9 Å². The van der Waals surface area contributed by atoms with Crippen molar-refractivity contribution in [2.75, 3.05) is 12.4 Å². The number of rotatable bonds is 3. The van der Waals surface area contributed by atoms with Crippen LogP contribution in [-0.2, 0) is 0 Å². The number of nitrogens with one attached hydrogen (secondary N) is 1. The van der Waals surface area contributed by atoms with Gasteiger partial charge < -0.3 is 10.1 Å². The number of aromatic nitrogens is 1. The van der Waals surface area contributed by atoms with Gasteiger partial charge in [0.25, 0.3) is 5.91 Å². The van der Waals surface area contributed by atoms with Crippen LogP contribution >= 0.6 is 0 Å². The molecule has 0 aliphatic rings. The minimum absolute atomic E-state index is 0.102. The lowest BCUT2D eigenvalue weighted by Gasteiger charge is -2.06. The molecule has 0 unspecified atom stereocenters. The second-order valence-corrected chi connectivity index (χ2v) is 4.02. The van der Waals surface area contributed by atoms with Crippen LogP contribution in [0.2, 0.25) is 0 Å². The molecule has 0 fully saturated rings. The van der Waals surface area contributed by atoms with E-state index in [1.165, 1.54) is 19.2 Å². The molecule has 0 saturated carbocycles. The fraction of sp³-hybridized carbons (Fsp3) is 0.143. The normalized spacial score (nSPS) is 10.1. The van der Waals surface area contributed by atoms with E-state index >= 15 is 0 Å². The van der Waals surface area contributed by atoms with E-state index in [1.807, 2.05) is 13.0 Å². The smallest absolute Gasteiger partial charge is 0.256 e. The monoisotopic (exact) mass is 260 g/mol. The van der Waals surface area contributed by atoms with Crippen LogP contribution in [0.25, 0.3) is 0 Å². The Labute approximate surface area is 110 Å². The van der Waals surface area contributed by atoms with Gasteiger partial charge in [0.1, 0.15) is 5.82 Å². The van der Waals surface area contributed by atoms with E-state index in [2.05, 4.69) is 10.3 Å². The first-order valence-corrected chi connectivity index (χ1v) is 5.67. The predicted octanol–water partition coefficient (Wildman–Crippen LogP) is 2.79. The van der Waals surface area contributed by atoms with Gasteiger partial charge in [-0.2, -0.15) is 0 Å². The molecule has 2 rings (SSSR count). The first-order valence-electron chi connectivity index (χ1n) is 5.67. The van der Waals surface area contributed by atoms with Crippen molar-refractivity contribution in [1.29, 1.82) is 0 Å². The molecule has 1 aromatic carbocycles. The zero-order valence-corrected chi connectivity index (χ0v) is 10.6. The largest absolute Gasteiger partial charge is 0.494 e. The molecular formula is C14H13FN2O2. The van der Waals surface area contributed by atoms with Gasteiger partial charge in [0.15, 0.2) is 11.6 Å². The summed E-state index contributed by atoms with van der Waals surface area (Å²) in [5.41, 5.74) is 1.20. The predicted molar refractivity (Wildman–Crippen MR) is 69.9 cm³/mol. The third kappa shape index (κ3) is 3.07. The molecule has 0 bridgehead atoms. The number of methoxy groups -OCH3 is 1. The molecule has 0 aliphatic heterocycles. The SMILES string of the molecule is COc1ccc(C(=O)Nc2ccc(C)cn2)cc1F. The van der Waals surface area contributed by atoms with E-state index in [-0.39, 0.29) is 11.3 Å². The fourth-order valence-corrected chi connectivity index (χ4v) is 1.54. The molecule has 1 heterocycles. The van der Waals surface area contributed by atoms with Crippen molar-refractivity contribution in [3.63, 3.8) is 0 Å². The molecule has 19 heavy (non-hydrogen) atoms. The van der Waals surface area contributed by atoms with Gasteiger partial charge in [-0.25, -0.2) is 9.37 Å². The zero-order valence-electron chi connectivity index (χ0n) is 10.6. The van der Waals surface area contributed by atoms with Gasteiger partial charge in [0.05, 0.1) is 7.11 Å². The minimum Gasteiger partial charge on any atom is -0.494 e. The van der Waals surface area contributed by atoms with E-state index in [4.69, 9.17) is 4.74 Å². The number of hydrogen-bond donors (Lipinski definition) is 1. The van der Waals surface area contributed by atoms with E-state index < -0.39 is 11.7 Å². The third-order valence-electron chi connectivity index (χ3n) is 2.57. The van der Waals surface area contributed by atoms with Crippen LogP contribution < -0.4 is 10.1 Å². The number of pyridine rings is 1. The number of ether oxygens (including phenoxy) is 1. The van der Waals surface area contributed by atoms with Gasteiger partial charge in [0, 0.05) is 11.8 Å². The van der Waals surface area contributed by atoms with Crippen LogP contribution in [0.5, 0.6) is 5.75 Å². The number of halogens is 1. The standard InChI is InChI=1S/C14H13FN2O2/c1-9-3-6-13(16-8-9)17-14(18)10-4-5-12(19-2)11(15)7-10/h3-8H,1-2H3,(H,16,17,18). The second kappa shape index (κ2) is 5.48. The van der Waals surface area contributed by atoms with E-state index in [0.717, 1.165) is 11.6 Å². The lowest BCUT2D eigenvalue weighted by Crippen LogP contribution is -2.13. The number of aryl methyl sites for hydroxylation is 1. The molecule has 1 aromatic heterocycles. The number of hydrogen-bond acceptors (Lipinski definition) is 3. The van der Waals surface area contributed by atoms with Gasteiger partial charge in [-0.05, 0) is 36.8 Å². The van der Waals surface area contributed by atoms with Gasteiger partial charge in [-0.15, -0.1) is 0 Å². The van der Waals surface area contributed by atoms with E-state index in [0.29, 0.717) is 5.82 Å². The lowest BCUT2D eigenvalue weighted by molar-refractivity contribution is 0.102. The summed E-state index contributed by atoms with van der Waals surface area (Å²) in [5.74, 6) is -0.471. The number of carbonyl (C=O) groups is 1. The molecule has 5 heteroatoms. The summed E-state index contributed by atoms with van der Waals surface area (Å²) >= 11 is 0. The molecule has 4 nitrogen and oxygen atoms in total. The number of benzene rings is 1.